The van der Waals surface area contributed by atoms with Crippen LogP contribution in [0.1, 0.15) is 30.9 Å². The third-order valence-corrected chi connectivity index (χ3v) is 4.39. The first-order valence-corrected chi connectivity index (χ1v) is 8.06. The maximum absolute atomic E-state index is 12.6. The molecule has 0 spiro atoms. The Hall–Kier alpha value is -2.57. The van der Waals surface area contributed by atoms with Gasteiger partial charge in [-0.15, -0.1) is 0 Å². The first kappa shape index (κ1) is 16.3. The lowest BCUT2D eigenvalue weighted by molar-refractivity contribution is -0.132. The summed E-state index contributed by atoms with van der Waals surface area (Å²) in [7, 11) is 3.24. The van der Waals surface area contributed by atoms with Gasteiger partial charge in [0.25, 0.3) is 0 Å². The summed E-state index contributed by atoms with van der Waals surface area (Å²) < 4.78 is 12.3. The second-order valence-electron chi connectivity index (χ2n) is 5.77. The SMILES string of the molecule is COc1ccc([C@@H]2CCCN2C(=O)CCn2cncn2)cc1OC. The monoisotopic (exact) mass is 330 g/mol. The summed E-state index contributed by atoms with van der Waals surface area (Å²) in [5.74, 6) is 1.53. The number of carbonyl (C=O) groups excluding carboxylic acids is 1. The van der Waals surface area contributed by atoms with Crippen LogP contribution in [0, 0.1) is 0 Å². The molecule has 7 nitrogen and oxygen atoms in total. The molecule has 1 aromatic heterocycles. The Balaban J connectivity index is 1.71. The molecule has 1 saturated heterocycles. The summed E-state index contributed by atoms with van der Waals surface area (Å²) in [4.78, 5) is 18.5. The van der Waals surface area contributed by atoms with Gasteiger partial charge in [-0.05, 0) is 30.5 Å². The number of hydrogen-bond donors (Lipinski definition) is 0. The van der Waals surface area contributed by atoms with Gasteiger partial charge in [0.1, 0.15) is 12.7 Å². The molecule has 1 aliphatic heterocycles. The number of nitrogens with zero attached hydrogens (tertiary/aromatic N) is 4. The van der Waals surface area contributed by atoms with Crippen molar-refractivity contribution in [1.82, 2.24) is 19.7 Å². The summed E-state index contributed by atoms with van der Waals surface area (Å²) in [5.41, 5.74) is 1.08. The molecule has 1 aliphatic rings. The highest BCUT2D eigenvalue weighted by Crippen LogP contribution is 2.37. The molecular weight excluding hydrogens is 308 g/mol. The maximum atomic E-state index is 12.6. The molecule has 0 saturated carbocycles. The van der Waals surface area contributed by atoms with Crippen molar-refractivity contribution in [2.24, 2.45) is 0 Å². The predicted molar refractivity (Wildman–Crippen MR) is 87.9 cm³/mol. The quantitative estimate of drug-likeness (QED) is 0.811. The number of aryl methyl sites for hydroxylation is 1. The van der Waals surface area contributed by atoms with E-state index in [1.807, 2.05) is 23.1 Å². The molecule has 2 heterocycles. The summed E-state index contributed by atoms with van der Waals surface area (Å²) in [6.07, 6.45) is 5.50. The maximum Gasteiger partial charge on any atom is 0.224 e. The van der Waals surface area contributed by atoms with E-state index in [0.717, 1.165) is 24.9 Å². The number of aromatic nitrogens is 3. The van der Waals surface area contributed by atoms with Gasteiger partial charge < -0.3 is 14.4 Å². The number of carbonyl (C=O) groups is 1. The average Bonchev–Trinajstić information content (AvgIpc) is 3.30. The van der Waals surface area contributed by atoms with E-state index in [1.165, 1.54) is 6.33 Å². The number of hydrogen-bond acceptors (Lipinski definition) is 5. The van der Waals surface area contributed by atoms with E-state index in [4.69, 9.17) is 9.47 Å². The van der Waals surface area contributed by atoms with Crippen LogP contribution in [0.4, 0.5) is 0 Å². The summed E-state index contributed by atoms with van der Waals surface area (Å²) >= 11 is 0. The van der Waals surface area contributed by atoms with E-state index in [9.17, 15) is 4.79 Å². The lowest BCUT2D eigenvalue weighted by atomic mass is 10.0. The molecule has 1 atom stereocenters. The summed E-state index contributed by atoms with van der Waals surface area (Å²) in [5, 5.41) is 4.04. The van der Waals surface area contributed by atoms with Gasteiger partial charge in [-0.1, -0.05) is 6.07 Å². The smallest absolute Gasteiger partial charge is 0.224 e. The second kappa shape index (κ2) is 7.33. The van der Waals surface area contributed by atoms with Gasteiger partial charge in [-0.3, -0.25) is 9.48 Å². The number of ether oxygens (including phenoxy) is 2. The number of rotatable bonds is 6. The number of amides is 1. The van der Waals surface area contributed by atoms with Crippen molar-refractivity contribution < 1.29 is 14.3 Å². The number of likely N-dealkylation sites (tertiary alicyclic amines) is 1. The summed E-state index contributed by atoms with van der Waals surface area (Å²) in [6.45, 7) is 1.34. The molecular formula is C17H22N4O3. The van der Waals surface area contributed by atoms with Crippen molar-refractivity contribution in [3.63, 3.8) is 0 Å². The van der Waals surface area contributed by atoms with Crippen LogP contribution in [-0.2, 0) is 11.3 Å². The third kappa shape index (κ3) is 3.34. The summed E-state index contributed by atoms with van der Waals surface area (Å²) in [6, 6.07) is 5.96. The second-order valence-corrected chi connectivity index (χ2v) is 5.77. The Morgan fingerprint density at radius 3 is 2.83 bits per heavy atom. The Labute approximate surface area is 141 Å². The zero-order valence-electron chi connectivity index (χ0n) is 14.0. The van der Waals surface area contributed by atoms with Gasteiger partial charge in [0.2, 0.25) is 5.91 Å². The molecule has 128 valence electrons. The van der Waals surface area contributed by atoms with Crippen molar-refractivity contribution in [3.8, 4) is 11.5 Å². The molecule has 0 aliphatic carbocycles. The molecule has 1 aromatic carbocycles. The first-order chi connectivity index (χ1) is 11.7. The van der Waals surface area contributed by atoms with Crippen LogP contribution in [-0.4, -0.2) is 46.3 Å². The van der Waals surface area contributed by atoms with Gasteiger partial charge in [0.05, 0.1) is 26.8 Å². The van der Waals surface area contributed by atoms with Crippen LogP contribution in [0.15, 0.2) is 30.9 Å². The van der Waals surface area contributed by atoms with Crippen LogP contribution in [0.2, 0.25) is 0 Å². The minimum absolute atomic E-state index is 0.0908. The Kier molecular flexibility index (Phi) is 4.98. The highest BCUT2D eigenvalue weighted by molar-refractivity contribution is 5.77. The first-order valence-electron chi connectivity index (χ1n) is 8.06. The molecule has 0 N–H and O–H groups in total. The van der Waals surface area contributed by atoms with E-state index >= 15 is 0 Å². The van der Waals surface area contributed by atoms with E-state index in [0.29, 0.717) is 24.5 Å². The largest absolute Gasteiger partial charge is 0.493 e. The van der Waals surface area contributed by atoms with Crippen LogP contribution in [0.5, 0.6) is 11.5 Å². The van der Waals surface area contributed by atoms with Gasteiger partial charge in [0.15, 0.2) is 11.5 Å². The Morgan fingerprint density at radius 1 is 1.29 bits per heavy atom. The zero-order chi connectivity index (χ0) is 16.9. The highest BCUT2D eigenvalue weighted by atomic mass is 16.5. The fourth-order valence-corrected chi connectivity index (χ4v) is 3.17. The van der Waals surface area contributed by atoms with Crippen molar-refractivity contribution in [2.75, 3.05) is 20.8 Å². The van der Waals surface area contributed by atoms with Gasteiger partial charge in [0, 0.05) is 13.0 Å². The van der Waals surface area contributed by atoms with Gasteiger partial charge >= 0.3 is 0 Å². The minimum Gasteiger partial charge on any atom is -0.493 e. The topological polar surface area (TPSA) is 69.5 Å². The molecule has 3 rings (SSSR count). The predicted octanol–water partition coefficient (Wildman–Crippen LogP) is 2.05. The van der Waals surface area contributed by atoms with Crippen molar-refractivity contribution in [2.45, 2.75) is 31.8 Å². The van der Waals surface area contributed by atoms with E-state index in [1.54, 1.807) is 25.2 Å². The molecule has 7 heteroatoms. The normalized spacial score (nSPS) is 17.1. The lowest BCUT2D eigenvalue weighted by Gasteiger charge is -2.25. The van der Waals surface area contributed by atoms with Crippen LogP contribution in [0.3, 0.4) is 0 Å². The third-order valence-electron chi connectivity index (χ3n) is 4.39. The molecule has 0 bridgehead atoms. The fourth-order valence-electron chi connectivity index (χ4n) is 3.17. The lowest BCUT2D eigenvalue weighted by Crippen LogP contribution is -2.31. The van der Waals surface area contributed by atoms with Crippen molar-refractivity contribution in [3.05, 3.63) is 36.4 Å². The van der Waals surface area contributed by atoms with Gasteiger partial charge in [-0.25, -0.2) is 4.98 Å². The zero-order valence-corrected chi connectivity index (χ0v) is 14.0. The Bertz CT molecular complexity index is 687. The number of benzene rings is 1. The molecule has 1 amide bonds. The standard InChI is InChI=1S/C17H22N4O3/c1-23-15-6-5-13(10-16(15)24-2)14-4-3-8-21(14)17(22)7-9-20-12-18-11-19-20/h5-6,10-12,14H,3-4,7-9H2,1-2H3/t14-/m0/s1. The molecule has 0 radical (unpaired) electrons. The van der Waals surface area contributed by atoms with E-state index < -0.39 is 0 Å². The van der Waals surface area contributed by atoms with E-state index in [-0.39, 0.29) is 11.9 Å². The van der Waals surface area contributed by atoms with E-state index in [2.05, 4.69) is 10.1 Å². The van der Waals surface area contributed by atoms with Crippen LogP contribution < -0.4 is 9.47 Å². The molecule has 24 heavy (non-hydrogen) atoms. The van der Waals surface area contributed by atoms with Crippen LogP contribution in [0.25, 0.3) is 0 Å². The van der Waals surface area contributed by atoms with Crippen molar-refractivity contribution in [1.29, 1.82) is 0 Å². The molecule has 1 fully saturated rings. The van der Waals surface area contributed by atoms with Crippen molar-refractivity contribution >= 4 is 5.91 Å². The highest BCUT2D eigenvalue weighted by Gasteiger charge is 2.30. The van der Waals surface area contributed by atoms with Gasteiger partial charge in [-0.2, -0.15) is 5.10 Å². The fraction of sp³-hybridized carbons (Fsp3) is 0.471. The molecule has 2 aromatic rings. The van der Waals surface area contributed by atoms with Crippen LogP contribution >= 0.6 is 0 Å². The Morgan fingerprint density at radius 2 is 2.12 bits per heavy atom. The minimum atomic E-state index is 0.0908. The number of methoxy groups -OCH3 is 2. The average molecular weight is 330 g/mol. The molecule has 0 unspecified atom stereocenters.